The van der Waals surface area contributed by atoms with Gasteiger partial charge in [-0.15, -0.1) is 0 Å². The summed E-state index contributed by atoms with van der Waals surface area (Å²) in [6, 6.07) is 23.6. The second kappa shape index (κ2) is 6.31. The van der Waals surface area contributed by atoms with E-state index in [9.17, 15) is 4.79 Å². The maximum Gasteiger partial charge on any atom is 0.319 e. The maximum absolute atomic E-state index is 11.9. The number of hydrogen-bond acceptors (Lipinski definition) is 1. The van der Waals surface area contributed by atoms with E-state index in [0.717, 1.165) is 22.9 Å². The van der Waals surface area contributed by atoms with Crippen LogP contribution < -0.4 is 10.6 Å². The molecule has 3 rings (SSSR count). The molecule has 0 unspecified atom stereocenters. The third-order valence-electron chi connectivity index (χ3n) is 3.79. The number of nitrogens with zero attached hydrogens (tertiary/aromatic N) is 1. The zero-order valence-electron chi connectivity index (χ0n) is 12.3. The molecule has 0 aliphatic heterocycles. The molecule has 0 spiro atoms. The number of anilines is 1. The number of rotatable bonds is 4. The van der Waals surface area contributed by atoms with E-state index in [1.165, 1.54) is 5.56 Å². The van der Waals surface area contributed by atoms with Crippen molar-refractivity contribution in [3.05, 3.63) is 78.4 Å². The highest BCUT2D eigenvalue weighted by Crippen LogP contribution is 2.26. The number of hydrogen-bond donors (Lipinski definition) is 1. The third-order valence-corrected chi connectivity index (χ3v) is 3.79. The highest BCUT2D eigenvalue weighted by Gasteiger charge is 2.14. The van der Waals surface area contributed by atoms with Gasteiger partial charge >= 0.3 is 6.03 Å². The Morgan fingerprint density at radius 1 is 0.864 bits per heavy atom. The van der Waals surface area contributed by atoms with Gasteiger partial charge in [-0.1, -0.05) is 66.7 Å². The summed E-state index contributed by atoms with van der Waals surface area (Å²) in [4.78, 5) is 13.6. The van der Waals surface area contributed by atoms with Crippen LogP contribution in [-0.2, 0) is 6.42 Å². The van der Waals surface area contributed by atoms with Gasteiger partial charge in [0.1, 0.15) is 0 Å². The zero-order chi connectivity index (χ0) is 15.4. The molecule has 0 radical (unpaired) electrons. The van der Waals surface area contributed by atoms with Crippen molar-refractivity contribution < 1.29 is 4.79 Å². The Kier molecular flexibility index (Phi) is 4.05. The minimum Gasteiger partial charge on any atom is -0.351 e. The summed E-state index contributed by atoms with van der Waals surface area (Å²) < 4.78 is 0. The minimum atomic E-state index is -0.424. The van der Waals surface area contributed by atoms with Crippen molar-refractivity contribution in [2.75, 3.05) is 11.4 Å². The molecule has 3 aromatic rings. The zero-order valence-corrected chi connectivity index (χ0v) is 12.3. The second-order valence-corrected chi connectivity index (χ2v) is 5.22. The molecular formula is C19H18N2O. The lowest BCUT2D eigenvalue weighted by atomic mass is 10.1. The standard InChI is InChI=1S/C19H18N2O/c20-19(22)21(14-13-15-7-2-1-3-8-15)18-12-6-10-16-9-4-5-11-17(16)18/h1-12H,13-14H2,(H2,20,22). The summed E-state index contributed by atoms with van der Waals surface area (Å²) in [6.45, 7) is 0.563. The molecule has 3 heteroatoms. The molecule has 0 heterocycles. The summed E-state index contributed by atoms with van der Waals surface area (Å²) in [7, 11) is 0. The second-order valence-electron chi connectivity index (χ2n) is 5.22. The van der Waals surface area contributed by atoms with E-state index in [1.54, 1.807) is 4.90 Å². The number of nitrogens with two attached hydrogens (primary N) is 1. The highest BCUT2D eigenvalue weighted by atomic mass is 16.2. The van der Waals surface area contributed by atoms with Gasteiger partial charge in [0, 0.05) is 11.9 Å². The molecule has 0 saturated carbocycles. The van der Waals surface area contributed by atoms with Crippen molar-refractivity contribution in [2.45, 2.75) is 6.42 Å². The van der Waals surface area contributed by atoms with E-state index in [1.807, 2.05) is 60.7 Å². The summed E-state index contributed by atoms with van der Waals surface area (Å²) in [5, 5.41) is 2.14. The summed E-state index contributed by atoms with van der Waals surface area (Å²) in [5.41, 5.74) is 7.66. The first-order valence-electron chi connectivity index (χ1n) is 7.34. The molecule has 0 aromatic heterocycles. The molecule has 0 bridgehead atoms. The number of primary amides is 1. The average Bonchev–Trinajstić information content (AvgIpc) is 2.56. The molecule has 0 atom stereocenters. The fraction of sp³-hybridized carbons (Fsp3) is 0.105. The van der Waals surface area contributed by atoms with E-state index in [4.69, 9.17) is 5.73 Å². The van der Waals surface area contributed by atoms with Gasteiger partial charge in [0.2, 0.25) is 0 Å². The van der Waals surface area contributed by atoms with Crippen molar-refractivity contribution in [1.29, 1.82) is 0 Å². The lowest BCUT2D eigenvalue weighted by molar-refractivity contribution is 0.254. The van der Waals surface area contributed by atoms with Gasteiger partial charge in [0.15, 0.2) is 0 Å². The topological polar surface area (TPSA) is 46.3 Å². The van der Waals surface area contributed by atoms with Crippen LogP contribution in [0.3, 0.4) is 0 Å². The first-order valence-corrected chi connectivity index (χ1v) is 7.34. The number of amides is 2. The van der Waals surface area contributed by atoms with Crippen LogP contribution >= 0.6 is 0 Å². The lowest BCUT2D eigenvalue weighted by Gasteiger charge is -2.22. The van der Waals surface area contributed by atoms with Crippen LogP contribution in [0.25, 0.3) is 10.8 Å². The Labute approximate surface area is 130 Å². The molecule has 0 aliphatic rings. The summed E-state index contributed by atoms with van der Waals surface area (Å²) >= 11 is 0. The van der Waals surface area contributed by atoms with E-state index in [-0.39, 0.29) is 0 Å². The molecule has 2 N–H and O–H groups in total. The maximum atomic E-state index is 11.9. The first kappa shape index (κ1) is 14.1. The van der Waals surface area contributed by atoms with Gasteiger partial charge in [-0.2, -0.15) is 0 Å². The van der Waals surface area contributed by atoms with Crippen LogP contribution in [0.2, 0.25) is 0 Å². The predicted octanol–water partition coefficient (Wildman–Crippen LogP) is 3.97. The molecule has 3 aromatic carbocycles. The van der Waals surface area contributed by atoms with Crippen molar-refractivity contribution in [3.8, 4) is 0 Å². The van der Waals surface area contributed by atoms with Crippen molar-refractivity contribution in [2.24, 2.45) is 5.73 Å². The van der Waals surface area contributed by atoms with E-state index < -0.39 is 6.03 Å². The number of fused-ring (bicyclic) bond motifs is 1. The normalized spacial score (nSPS) is 10.5. The fourth-order valence-corrected chi connectivity index (χ4v) is 2.68. The van der Waals surface area contributed by atoms with E-state index in [2.05, 4.69) is 12.1 Å². The quantitative estimate of drug-likeness (QED) is 0.776. The lowest BCUT2D eigenvalue weighted by Crippen LogP contribution is -2.37. The Bertz CT molecular complexity index is 778. The van der Waals surface area contributed by atoms with Crippen LogP contribution in [0.4, 0.5) is 10.5 Å². The Balaban J connectivity index is 1.92. The Morgan fingerprint density at radius 2 is 1.55 bits per heavy atom. The monoisotopic (exact) mass is 290 g/mol. The molecule has 3 nitrogen and oxygen atoms in total. The van der Waals surface area contributed by atoms with Crippen molar-refractivity contribution in [1.82, 2.24) is 0 Å². The Morgan fingerprint density at radius 3 is 2.32 bits per heavy atom. The summed E-state index contributed by atoms with van der Waals surface area (Å²) in [6.07, 6.45) is 0.771. The van der Waals surface area contributed by atoms with Gasteiger partial charge in [0.05, 0.1) is 5.69 Å². The Hall–Kier alpha value is -2.81. The molecular weight excluding hydrogens is 272 g/mol. The molecule has 22 heavy (non-hydrogen) atoms. The average molecular weight is 290 g/mol. The van der Waals surface area contributed by atoms with E-state index in [0.29, 0.717) is 6.54 Å². The highest BCUT2D eigenvalue weighted by molar-refractivity contribution is 6.02. The van der Waals surface area contributed by atoms with Crippen LogP contribution in [-0.4, -0.2) is 12.6 Å². The number of benzene rings is 3. The van der Waals surface area contributed by atoms with Crippen LogP contribution in [0, 0.1) is 0 Å². The number of carbonyl (C=O) groups is 1. The van der Waals surface area contributed by atoms with Crippen LogP contribution in [0.15, 0.2) is 72.8 Å². The molecule has 110 valence electrons. The van der Waals surface area contributed by atoms with Gasteiger partial charge in [-0.25, -0.2) is 4.79 Å². The van der Waals surface area contributed by atoms with Gasteiger partial charge in [0.25, 0.3) is 0 Å². The van der Waals surface area contributed by atoms with Crippen LogP contribution in [0.5, 0.6) is 0 Å². The number of urea groups is 1. The molecule has 2 amide bonds. The summed E-state index contributed by atoms with van der Waals surface area (Å²) in [5.74, 6) is 0. The van der Waals surface area contributed by atoms with Gasteiger partial charge in [-0.05, 0) is 23.4 Å². The predicted molar refractivity (Wildman–Crippen MR) is 91.0 cm³/mol. The van der Waals surface area contributed by atoms with E-state index >= 15 is 0 Å². The molecule has 0 aliphatic carbocycles. The van der Waals surface area contributed by atoms with Crippen LogP contribution in [0.1, 0.15) is 5.56 Å². The smallest absolute Gasteiger partial charge is 0.319 e. The van der Waals surface area contributed by atoms with Crippen molar-refractivity contribution >= 4 is 22.5 Å². The first-order chi connectivity index (χ1) is 10.8. The largest absolute Gasteiger partial charge is 0.351 e. The van der Waals surface area contributed by atoms with Gasteiger partial charge < -0.3 is 5.73 Å². The number of carbonyl (C=O) groups excluding carboxylic acids is 1. The fourth-order valence-electron chi connectivity index (χ4n) is 2.68. The molecule has 0 fully saturated rings. The van der Waals surface area contributed by atoms with Gasteiger partial charge in [-0.3, -0.25) is 4.90 Å². The van der Waals surface area contributed by atoms with Crippen molar-refractivity contribution in [3.63, 3.8) is 0 Å². The third kappa shape index (κ3) is 2.93. The minimum absolute atomic E-state index is 0.424. The SMILES string of the molecule is NC(=O)N(CCc1ccccc1)c1cccc2ccccc12. The molecule has 0 saturated heterocycles.